The molecule has 112 valence electrons. The van der Waals surface area contributed by atoms with Crippen LogP contribution in [0, 0.1) is 11.6 Å². The molecule has 5 heteroatoms. The smallest absolute Gasteiger partial charge is 0.146 e. The maximum Gasteiger partial charge on any atom is 0.146 e. The predicted molar refractivity (Wildman–Crippen MR) is 78.5 cm³/mol. The van der Waals surface area contributed by atoms with Crippen LogP contribution in [0.4, 0.5) is 8.78 Å². The van der Waals surface area contributed by atoms with Crippen molar-refractivity contribution >= 4 is 15.9 Å². The van der Waals surface area contributed by atoms with Crippen LogP contribution in [-0.2, 0) is 5.60 Å². The molecule has 0 bridgehead atoms. The Morgan fingerprint density at radius 3 is 2.60 bits per heavy atom. The number of hydrogen-bond acceptors (Lipinski definition) is 2. The van der Waals surface area contributed by atoms with Gasteiger partial charge >= 0.3 is 0 Å². The highest BCUT2D eigenvalue weighted by molar-refractivity contribution is 9.10. The number of likely N-dealkylation sites (tertiary alicyclic amines) is 1. The van der Waals surface area contributed by atoms with Crippen molar-refractivity contribution in [2.24, 2.45) is 0 Å². The molecule has 20 heavy (non-hydrogen) atoms. The molecule has 1 aliphatic heterocycles. The highest BCUT2D eigenvalue weighted by Gasteiger charge is 2.37. The first-order valence-corrected chi connectivity index (χ1v) is 7.75. The number of benzene rings is 1. The van der Waals surface area contributed by atoms with Crippen molar-refractivity contribution in [2.75, 3.05) is 13.1 Å². The molecule has 1 aromatic rings. The van der Waals surface area contributed by atoms with E-state index in [0.717, 1.165) is 13.0 Å². The van der Waals surface area contributed by atoms with Crippen LogP contribution in [0.2, 0.25) is 0 Å². The first-order chi connectivity index (χ1) is 9.35. The van der Waals surface area contributed by atoms with Gasteiger partial charge in [-0.05, 0) is 67.7 Å². The largest absolute Gasteiger partial charge is 0.385 e. The summed E-state index contributed by atoms with van der Waals surface area (Å²) < 4.78 is 28.4. The van der Waals surface area contributed by atoms with Crippen molar-refractivity contribution in [3.8, 4) is 0 Å². The summed E-state index contributed by atoms with van der Waals surface area (Å²) in [6.07, 6.45) is 1.44. The first kappa shape index (κ1) is 15.9. The van der Waals surface area contributed by atoms with E-state index in [2.05, 4.69) is 34.7 Å². The minimum absolute atomic E-state index is 0.187. The third-order valence-electron chi connectivity index (χ3n) is 4.09. The lowest BCUT2D eigenvalue weighted by molar-refractivity contribution is 0.0133. The minimum atomic E-state index is -1.43. The molecule has 1 saturated heterocycles. The maximum atomic E-state index is 14.2. The Morgan fingerprint density at radius 2 is 1.95 bits per heavy atom. The summed E-state index contributed by atoms with van der Waals surface area (Å²) >= 11 is 3.06. The summed E-state index contributed by atoms with van der Waals surface area (Å²) in [6, 6.07) is 2.90. The van der Waals surface area contributed by atoms with Crippen molar-refractivity contribution in [1.29, 1.82) is 0 Å². The van der Waals surface area contributed by atoms with E-state index in [-0.39, 0.29) is 10.0 Å². The van der Waals surface area contributed by atoms with Crippen LogP contribution in [0.15, 0.2) is 16.6 Å². The minimum Gasteiger partial charge on any atom is -0.385 e. The van der Waals surface area contributed by atoms with Gasteiger partial charge in [0.2, 0.25) is 0 Å². The normalized spacial score (nSPS) is 24.9. The third kappa shape index (κ3) is 3.05. The summed E-state index contributed by atoms with van der Waals surface area (Å²) in [6.45, 7) is 5.66. The van der Waals surface area contributed by atoms with E-state index in [9.17, 15) is 13.9 Å². The Labute approximate surface area is 126 Å². The molecule has 0 aromatic heterocycles. The van der Waals surface area contributed by atoms with Gasteiger partial charge in [-0.3, -0.25) is 0 Å². The van der Waals surface area contributed by atoms with Gasteiger partial charge in [-0.2, -0.15) is 0 Å². The summed E-state index contributed by atoms with van der Waals surface area (Å²) in [5, 5.41) is 10.8. The lowest BCUT2D eigenvalue weighted by Gasteiger charge is -2.29. The molecule has 1 aliphatic rings. The molecule has 1 unspecified atom stereocenters. The molecule has 1 N–H and O–H groups in total. The second-order valence-corrected chi connectivity index (χ2v) is 6.59. The molecule has 0 aliphatic carbocycles. The van der Waals surface area contributed by atoms with E-state index in [1.165, 1.54) is 12.1 Å². The van der Waals surface area contributed by atoms with Crippen molar-refractivity contribution in [1.82, 2.24) is 4.90 Å². The van der Waals surface area contributed by atoms with Crippen molar-refractivity contribution in [3.05, 3.63) is 33.8 Å². The van der Waals surface area contributed by atoms with Crippen molar-refractivity contribution in [2.45, 2.75) is 44.8 Å². The predicted octanol–water partition coefficient (Wildman–Crippen LogP) is 3.81. The van der Waals surface area contributed by atoms with E-state index in [0.29, 0.717) is 25.4 Å². The van der Waals surface area contributed by atoms with Gasteiger partial charge in [0, 0.05) is 12.6 Å². The van der Waals surface area contributed by atoms with E-state index in [1.807, 2.05) is 0 Å². The summed E-state index contributed by atoms with van der Waals surface area (Å²) in [5.74, 6) is -1.36. The van der Waals surface area contributed by atoms with Crippen LogP contribution in [0.1, 0.15) is 38.7 Å². The van der Waals surface area contributed by atoms with E-state index in [4.69, 9.17) is 0 Å². The molecule has 1 fully saturated rings. The number of hydrogen-bond donors (Lipinski definition) is 1. The monoisotopic (exact) mass is 347 g/mol. The highest BCUT2D eigenvalue weighted by Crippen LogP contribution is 2.38. The topological polar surface area (TPSA) is 23.5 Å². The molecular formula is C15H20BrF2NO. The van der Waals surface area contributed by atoms with Gasteiger partial charge in [0.25, 0.3) is 0 Å². The Morgan fingerprint density at radius 1 is 1.25 bits per heavy atom. The zero-order valence-corrected chi connectivity index (χ0v) is 13.4. The molecule has 0 amide bonds. The molecule has 1 heterocycles. The van der Waals surface area contributed by atoms with Gasteiger partial charge in [0.05, 0.1) is 15.6 Å². The Bertz CT molecular complexity index is 495. The molecule has 0 saturated carbocycles. The molecule has 0 spiro atoms. The summed E-state index contributed by atoms with van der Waals surface area (Å²) in [7, 11) is 0. The Hall–Kier alpha value is -0.520. The SMILES string of the molecule is CC(C)N1CCCC(O)(c2c(F)ccc(Br)c2F)CC1. The lowest BCUT2D eigenvalue weighted by atomic mass is 9.86. The fourth-order valence-electron chi connectivity index (χ4n) is 2.86. The second kappa shape index (κ2) is 6.08. The second-order valence-electron chi connectivity index (χ2n) is 5.73. The molecule has 1 atom stereocenters. The van der Waals surface area contributed by atoms with Crippen LogP contribution in [0.3, 0.4) is 0 Å². The van der Waals surface area contributed by atoms with Crippen LogP contribution in [0.25, 0.3) is 0 Å². The van der Waals surface area contributed by atoms with E-state index < -0.39 is 17.2 Å². The Balaban J connectivity index is 2.34. The number of rotatable bonds is 2. The van der Waals surface area contributed by atoms with Gasteiger partial charge in [-0.1, -0.05) is 0 Å². The number of halogens is 3. The number of aliphatic hydroxyl groups is 1. The molecule has 2 rings (SSSR count). The molecule has 0 radical (unpaired) electrons. The third-order valence-corrected chi connectivity index (χ3v) is 4.70. The quantitative estimate of drug-likeness (QED) is 0.822. The van der Waals surface area contributed by atoms with Crippen LogP contribution >= 0.6 is 15.9 Å². The van der Waals surface area contributed by atoms with Crippen LogP contribution in [0.5, 0.6) is 0 Å². The fraction of sp³-hybridized carbons (Fsp3) is 0.600. The van der Waals surface area contributed by atoms with Crippen molar-refractivity contribution in [3.63, 3.8) is 0 Å². The van der Waals surface area contributed by atoms with Crippen molar-refractivity contribution < 1.29 is 13.9 Å². The van der Waals surface area contributed by atoms with Gasteiger partial charge in [0.1, 0.15) is 11.6 Å². The zero-order valence-electron chi connectivity index (χ0n) is 11.8. The van der Waals surface area contributed by atoms with Gasteiger partial charge < -0.3 is 10.0 Å². The maximum absolute atomic E-state index is 14.2. The molecule has 1 aromatic carbocycles. The van der Waals surface area contributed by atoms with Gasteiger partial charge in [-0.25, -0.2) is 8.78 Å². The first-order valence-electron chi connectivity index (χ1n) is 6.95. The van der Waals surface area contributed by atoms with E-state index >= 15 is 0 Å². The molecule has 2 nitrogen and oxygen atoms in total. The van der Waals surface area contributed by atoms with Gasteiger partial charge in [0.15, 0.2) is 0 Å². The Kier molecular flexibility index (Phi) is 4.82. The fourth-order valence-corrected chi connectivity index (χ4v) is 3.19. The van der Waals surface area contributed by atoms with E-state index in [1.54, 1.807) is 0 Å². The number of nitrogens with zero attached hydrogens (tertiary/aromatic N) is 1. The average molecular weight is 348 g/mol. The zero-order chi connectivity index (χ0) is 14.9. The highest BCUT2D eigenvalue weighted by atomic mass is 79.9. The molecular weight excluding hydrogens is 328 g/mol. The van der Waals surface area contributed by atoms with Crippen LogP contribution in [-0.4, -0.2) is 29.1 Å². The van der Waals surface area contributed by atoms with Gasteiger partial charge in [-0.15, -0.1) is 0 Å². The standard InChI is InChI=1S/C15H20BrF2NO/c1-10(2)19-8-3-6-15(20,7-9-19)13-12(17)5-4-11(16)14(13)18/h4-5,10,20H,3,6-9H2,1-2H3. The summed E-state index contributed by atoms with van der Waals surface area (Å²) in [5.41, 5.74) is -1.63. The van der Waals surface area contributed by atoms with Crippen LogP contribution < -0.4 is 0 Å². The summed E-state index contributed by atoms with van der Waals surface area (Å²) in [4.78, 5) is 2.23. The lowest BCUT2D eigenvalue weighted by Crippen LogP contribution is -2.34. The average Bonchev–Trinajstić information content (AvgIpc) is 2.57.